The highest BCUT2D eigenvalue weighted by molar-refractivity contribution is 7.94. The number of rotatable bonds is 3. The number of hydrogen-bond acceptors (Lipinski definition) is 5. The Balaban J connectivity index is 1.61. The summed E-state index contributed by atoms with van der Waals surface area (Å²) in [5.74, 6) is -1.19. The van der Waals surface area contributed by atoms with E-state index in [4.69, 9.17) is 0 Å². The molecule has 3 N–H and O–H groups in total. The van der Waals surface area contributed by atoms with Crippen molar-refractivity contribution in [2.45, 2.75) is 25.3 Å². The number of H-pyrrole nitrogens is 1. The Morgan fingerprint density at radius 2 is 1.96 bits per heavy atom. The zero-order valence-electron chi connectivity index (χ0n) is 14.4. The van der Waals surface area contributed by atoms with Crippen LogP contribution in [0.5, 0.6) is 5.75 Å². The zero-order valence-corrected chi connectivity index (χ0v) is 15.2. The van der Waals surface area contributed by atoms with Gasteiger partial charge in [-0.15, -0.1) is 0 Å². The molecule has 2 aliphatic rings. The number of nitrogens with one attached hydrogen (secondary N) is 2. The molecule has 0 radical (unpaired) electrons. The minimum Gasteiger partial charge on any atom is -0.506 e. The monoisotopic (exact) mass is 386 g/mol. The van der Waals surface area contributed by atoms with Gasteiger partial charge in [-0.3, -0.25) is 9.59 Å². The number of hydrogen-bond donors (Lipinski definition) is 3. The van der Waals surface area contributed by atoms with Crippen LogP contribution in [0.4, 0.5) is 0 Å². The second-order valence-corrected chi connectivity index (χ2v) is 8.78. The van der Waals surface area contributed by atoms with E-state index < -0.39 is 27.3 Å². The van der Waals surface area contributed by atoms with E-state index >= 15 is 0 Å². The summed E-state index contributed by atoms with van der Waals surface area (Å²) in [5.41, 5.74) is 2.50. The average molecular weight is 386 g/mol. The molecule has 27 heavy (non-hydrogen) atoms. The van der Waals surface area contributed by atoms with Gasteiger partial charge in [-0.1, -0.05) is 12.1 Å². The largest absolute Gasteiger partial charge is 0.506 e. The van der Waals surface area contributed by atoms with Gasteiger partial charge in [-0.05, 0) is 42.5 Å². The van der Waals surface area contributed by atoms with Crippen molar-refractivity contribution in [3.05, 3.63) is 62.8 Å². The third-order valence-corrected chi connectivity index (χ3v) is 6.29. The van der Waals surface area contributed by atoms with E-state index in [9.17, 15) is 23.1 Å². The van der Waals surface area contributed by atoms with Gasteiger partial charge in [0.1, 0.15) is 11.3 Å². The van der Waals surface area contributed by atoms with Crippen LogP contribution in [-0.4, -0.2) is 36.2 Å². The van der Waals surface area contributed by atoms with E-state index in [1.165, 1.54) is 17.2 Å². The molecule has 2 aromatic rings. The van der Waals surface area contributed by atoms with Crippen LogP contribution in [0.2, 0.25) is 0 Å². The third-order valence-electron chi connectivity index (χ3n) is 4.90. The number of fused-ring (bicyclic) bond motifs is 1. The maximum atomic E-state index is 12.4. The fraction of sp³-hybridized carbons (Fsp3) is 0.263. The maximum absolute atomic E-state index is 12.4. The summed E-state index contributed by atoms with van der Waals surface area (Å²) in [6.07, 6.45) is 4.45. The molecule has 7 nitrogen and oxygen atoms in total. The van der Waals surface area contributed by atoms with Crippen molar-refractivity contribution in [2.75, 3.05) is 5.75 Å². The fourth-order valence-electron chi connectivity index (χ4n) is 3.55. The molecule has 0 bridgehead atoms. The predicted molar refractivity (Wildman–Crippen MR) is 100 cm³/mol. The molecule has 8 heteroatoms. The van der Waals surface area contributed by atoms with Gasteiger partial charge in [0.15, 0.2) is 9.84 Å². The molecule has 1 unspecified atom stereocenters. The van der Waals surface area contributed by atoms with Crippen molar-refractivity contribution in [2.24, 2.45) is 0 Å². The number of aromatic nitrogens is 1. The molecule has 0 spiro atoms. The molecule has 0 fully saturated rings. The van der Waals surface area contributed by atoms with E-state index in [1.54, 1.807) is 0 Å². The molecule has 4 rings (SSSR count). The Morgan fingerprint density at radius 1 is 1.19 bits per heavy atom. The fourth-order valence-corrected chi connectivity index (χ4v) is 4.78. The molecular weight excluding hydrogens is 368 g/mol. The lowest BCUT2D eigenvalue weighted by Gasteiger charge is -2.11. The van der Waals surface area contributed by atoms with Crippen molar-refractivity contribution >= 4 is 15.7 Å². The molecule has 1 amide bonds. The molecular formula is C19H18N2O5S. The molecule has 2 heterocycles. The van der Waals surface area contributed by atoms with Crippen LogP contribution >= 0.6 is 0 Å². The second-order valence-electron chi connectivity index (χ2n) is 6.85. The summed E-state index contributed by atoms with van der Waals surface area (Å²) in [4.78, 5) is 27.3. The topological polar surface area (TPSA) is 116 Å². The number of aromatic hydroxyl groups is 1. The minimum absolute atomic E-state index is 0.215. The summed E-state index contributed by atoms with van der Waals surface area (Å²) in [6, 6.07) is 6.19. The average Bonchev–Trinajstić information content (AvgIpc) is 3.21. The maximum Gasteiger partial charge on any atom is 0.261 e. The van der Waals surface area contributed by atoms with Crippen molar-refractivity contribution in [1.82, 2.24) is 10.3 Å². The minimum atomic E-state index is -3.32. The van der Waals surface area contributed by atoms with Gasteiger partial charge in [0, 0.05) is 17.0 Å². The Hall–Kier alpha value is -2.87. The van der Waals surface area contributed by atoms with Gasteiger partial charge in [-0.25, -0.2) is 8.42 Å². The van der Waals surface area contributed by atoms with Gasteiger partial charge >= 0.3 is 0 Å². The smallest absolute Gasteiger partial charge is 0.261 e. The molecule has 140 valence electrons. The van der Waals surface area contributed by atoms with E-state index in [0.29, 0.717) is 5.56 Å². The number of amides is 1. The first kappa shape index (κ1) is 17.5. The number of aryl methyl sites for hydroxylation is 2. The molecule has 1 atom stereocenters. The first-order valence-corrected chi connectivity index (χ1v) is 10.3. The number of aromatic amines is 1. The predicted octanol–water partition coefficient (Wildman–Crippen LogP) is 1.28. The van der Waals surface area contributed by atoms with Crippen LogP contribution in [0.1, 0.15) is 27.9 Å². The zero-order chi connectivity index (χ0) is 19.2. The highest BCUT2D eigenvalue weighted by atomic mass is 32.2. The Bertz CT molecular complexity index is 1130. The highest BCUT2D eigenvalue weighted by Gasteiger charge is 2.25. The van der Waals surface area contributed by atoms with Crippen molar-refractivity contribution in [3.8, 4) is 17.0 Å². The molecule has 1 aliphatic heterocycles. The molecule has 0 saturated heterocycles. The molecule has 1 aliphatic carbocycles. The number of carbonyl (C=O) groups excluding carboxylic acids is 1. The van der Waals surface area contributed by atoms with Gasteiger partial charge in [0.05, 0.1) is 17.5 Å². The lowest BCUT2D eigenvalue weighted by Crippen LogP contribution is -2.38. The summed E-state index contributed by atoms with van der Waals surface area (Å²) >= 11 is 0. The normalized spacial score (nSPS) is 19.8. The lowest BCUT2D eigenvalue weighted by molar-refractivity contribution is 0.0945. The first-order chi connectivity index (χ1) is 12.8. The number of sulfone groups is 1. The Morgan fingerprint density at radius 3 is 2.70 bits per heavy atom. The number of carbonyl (C=O) groups is 1. The molecule has 0 saturated carbocycles. The van der Waals surface area contributed by atoms with E-state index in [-0.39, 0.29) is 22.8 Å². The standard InChI is InChI=1S/C19H18N2O5S/c22-16-9-15(18(23)20-14-6-7-27(25,26)10-14)19(24)21-17(16)13-5-4-11-2-1-3-12(11)8-13/h4-9,14,22H,1-3,10H2,(H,20,23)(H,21,24). The summed E-state index contributed by atoms with van der Waals surface area (Å²) in [7, 11) is -3.32. The van der Waals surface area contributed by atoms with Crippen LogP contribution in [-0.2, 0) is 22.7 Å². The Labute approximate surface area is 155 Å². The second kappa shape index (κ2) is 6.38. The van der Waals surface area contributed by atoms with E-state index in [1.807, 2.05) is 18.2 Å². The van der Waals surface area contributed by atoms with Crippen LogP contribution in [0, 0.1) is 0 Å². The molecule has 1 aromatic carbocycles. The van der Waals surface area contributed by atoms with Crippen molar-refractivity contribution < 1.29 is 18.3 Å². The third kappa shape index (κ3) is 3.40. The Kier molecular flexibility index (Phi) is 4.15. The van der Waals surface area contributed by atoms with Gasteiger partial charge in [0.2, 0.25) is 0 Å². The van der Waals surface area contributed by atoms with Gasteiger partial charge in [-0.2, -0.15) is 0 Å². The summed E-state index contributed by atoms with van der Waals surface area (Å²) in [6.45, 7) is 0. The van der Waals surface area contributed by atoms with Gasteiger partial charge < -0.3 is 15.4 Å². The summed E-state index contributed by atoms with van der Waals surface area (Å²) < 4.78 is 22.8. The van der Waals surface area contributed by atoms with E-state index in [2.05, 4.69) is 10.3 Å². The van der Waals surface area contributed by atoms with Crippen LogP contribution in [0.15, 0.2) is 40.5 Å². The quantitative estimate of drug-likeness (QED) is 0.735. The highest BCUT2D eigenvalue weighted by Crippen LogP contribution is 2.31. The van der Waals surface area contributed by atoms with Gasteiger partial charge in [0.25, 0.3) is 11.5 Å². The SMILES string of the molecule is O=C(NC1C=CS(=O)(=O)C1)c1cc(O)c(-c2ccc3c(c2)CCC3)[nH]c1=O. The van der Waals surface area contributed by atoms with E-state index in [0.717, 1.165) is 30.7 Å². The number of pyridine rings is 1. The first-order valence-electron chi connectivity index (χ1n) is 8.63. The number of benzene rings is 1. The lowest BCUT2D eigenvalue weighted by atomic mass is 10.0. The molecule has 1 aromatic heterocycles. The summed E-state index contributed by atoms with van der Waals surface area (Å²) in [5, 5.41) is 13.9. The van der Waals surface area contributed by atoms with Crippen LogP contribution in [0.3, 0.4) is 0 Å². The van der Waals surface area contributed by atoms with Crippen molar-refractivity contribution in [3.63, 3.8) is 0 Å². The van der Waals surface area contributed by atoms with Crippen molar-refractivity contribution in [1.29, 1.82) is 0 Å². The van der Waals surface area contributed by atoms with Crippen LogP contribution in [0.25, 0.3) is 11.3 Å². The van der Waals surface area contributed by atoms with Crippen LogP contribution < -0.4 is 10.9 Å².